The zero-order valence-corrected chi connectivity index (χ0v) is 43.6. The van der Waals surface area contributed by atoms with Gasteiger partial charge >= 0.3 is 35.8 Å². The lowest BCUT2D eigenvalue weighted by molar-refractivity contribution is -0.189. The highest BCUT2D eigenvalue weighted by Crippen LogP contribution is 2.31. The van der Waals surface area contributed by atoms with E-state index < -0.39 is 129 Å². The van der Waals surface area contributed by atoms with E-state index in [-0.39, 0.29) is 21.4 Å². The van der Waals surface area contributed by atoms with Gasteiger partial charge < -0.3 is 28.4 Å². The van der Waals surface area contributed by atoms with E-state index in [1.165, 1.54) is 73.6 Å². The highest BCUT2D eigenvalue weighted by atomic mass is 35.5. The number of carbonyl (C=O) groups excluding carboxylic acids is 9. The van der Waals surface area contributed by atoms with E-state index in [9.17, 15) is 60.7 Å². The molecule has 0 saturated heterocycles. The minimum atomic E-state index is -1.99. The van der Waals surface area contributed by atoms with E-state index in [4.69, 9.17) is 42.1 Å². The van der Waals surface area contributed by atoms with Crippen molar-refractivity contribution >= 4 is 88.5 Å². The number of Topliss-reactive ketones (excluding diaryl/α,β-unsaturated/α-hetero) is 3. The first kappa shape index (κ1) is 64.8. The number of rotatable bonds is 18. The molecule has 2 rings (SSSR count). The third-order valence-electron chi connectivity index (χ3n) is 10.1. The van der Waals surface area contributed by atoms with E-state index in [0.717, 1.165) is 19.9 Å². The lowest BCUT2D eigenvalue weighted by atomic mass is 9.84. The highest BCUT2D eigenvalue weighted by molar-refractivity contribution is 6.36. The summed E-state index contributed by atoms with van der Waals surface area (Å²) in [4.78, 5) is 107. The minimum absolute atomic E-state index is 0.0253. The molecule has 0 aliphatic rings. The monoisotopic (exact) mass is 1050 g/mol. The Morgan fingerprint density at radius 2 is 1.00 bits per heavy atom. The number of hydrogen-bond acceptors (Lipinski definition) is 15. The van der Waals surface area contributed by atoms with Crippen molar-refractivity contribution < 1.29 is 89.1 Å². The van der Waals surface area contributed by atoms with Gasteiger partial charge in [-0.25, -0.2) is 31.9 Å². The molecule has 4 unspecified atom stereocenters. The van der Waals surface area contributed by atoms with Gasteiger partial charge in [0.25, 0.3) is 0 Å². The van der Waals surface area contributed by atoms with Gasteiger partial charge in [-0.05, 0) is 107 Å². The predicted octanol–water partition coefficient (Wildman–Crippen LogP) is 10.3. The molecule has 0 radical (unpaired) electrons. The summed E-state index contributed by atoms with van der Waals surface area (Å²) in [5, 5.41) is 0.397. The average molecular weight is 1050 g/mol. The molecule has 0 aliphatic heterocycles. The van der Waals surface area contributed by atoms with Crippen LogP contribution in [0.25, 0.3) is 12.2 Å². The van der Waals surface area contributed by atoms with Crippen LogP contribution in [0.4, 0.5) is 17.6 Å². The van der Waals surface area contributed by atoms with Gasteiger partial charge in [0.2, 0.25) is 6.29 Å². The highest BCUT2D eigenvalue weighted by Gasteiger charge is 2.45. The average Bonchev–Trinajstić information content (AvgIpc) is 3.25. The van der Waals surface area contributed by atoms with Crippen molar-refractivity contribution in [1.29, 1.82) is 0 Å². The second-order valence-electron chi connectivity index (χ2n) is 18.1. The molecule has 0 N–H and O–H groups in total. The maximum atomic E-state index is 14.0. The van der Waals surface area contributed by atoms with Crippen molar-refractivity contribution in [3.63, 3.8) is 0 Å². The molecule has 0 aliphatic carbocycles. The van der Waals surface area contributed by atoms with Crippen molar-refractivity contribution in [1.82, 2.24) is 0 Å². The first-order chi connectivity index (χ1) is 32.3. The largest absolute Gasteiger partial charge is 0.460 e. The second kappa shape index (κ2) is 26.3. The number of ether oxygens (including phenoxy) is 6. The Morgan fingerprint density at radius 3 is 1.34 bits per heavy atom. The van der Waals surface area contributed by atoms with Gasteiger partial charge in [-0.2, -0.15) is 0 Å². The van der Waals surface area contributed by atoms with Crippen LogP contribution in [0.15, 0.2) is 37.9 Å². The maximum absolute atomic E-state index is 14.0. The summed E-state index contributed by atoms with van der Waals surface area (Å²) < 4.78 is 85.3. The van der Waals surface area contributed by atoms with Gasteiger partial charge in [-0.1, -0.05) is 62.0 Å². The Morgan fingerprint density at radius 1 is 0.592 bits per heavy atom. The third-order valence-corrected chi connectivity index (χ3v) is 10.8. The van der Waals surface area contributed by atoms with Crippen LogP contribution in [0, 0.1) is 39.5 Å². The normalized spacial score (nSPS) is 13.9. The van der Waals surface area contributed by atoms with Crippen molar-refractivity contribution in [3.05, 3.63) is 93.5 Å². The summed E-state index contributed by atoms with van der Waals surface area (Å²) in [6.07, 6.45) is 2.29. The molecule has 0 fully saturated rings. The zero-order chi connectivity index (χ0) is 55.9. The number of benzene rings is 2. The summed E-state index contributed by atoms with van der Waals surface area (Å²) in [6, 6.07) is 2.83. The van der Waals surface area contributed by atoms with E-state index in [1.807, 2.05) is 0 Å². The van der Waals surface area contributed by atoms with E-state index in [1.54, 1.807) is 27.7 Å². The van der Waals surface area contributed by atoms with Crippen LogP contribution in [-0.4, -0.2) is 83.9 Å². The fourth-order valence-electron chi connectivity index (χ4n) is 4.90. The molecule has 0 heterocycles. The van der Waals surface area contributed by atoms with Crippen LogP contribution in [0.5, 0.6) is 0 Å². The third kappa shape index (κ3) is 17.9. The van der Waals surface area contributed by atoms with E-state index in [2.05, 4.69) is 29.2 Å². The standard InChI is InChI=1S/C19H22Cl2O5.C19H20F4O5.C12H18O5/c1-7-12-8-15(21)13(9-14(12)20)16(23)25-10-19(6,11(2)22)17(24)26-18(3,4)5;1-7-10-12(20)14(22)11(15(23)13(10)21)16(25)27-8-19(6,9(2)24)17(26)28-18(3,4)5;1-6-10(14)16-9(4)17-11(15)12(5,7-2)8(3)13/h7-9H,1,10H2,2-6H3;7H,1,8H2,2-6H3;6,9H,1,7H2,2-5H3. The molecule has 0 bridgehead atoms. The van der Waals surface area contributed by atoms with Gasteiger partial charge in [0.05, 0.1) is 16.1 Å². The van der Waals surface area contributed by atoms with Crippen LogP contribution >= 0.6 is 23.2 Å². The molecular weight excluding hydrogens is 987 g/mol. The van der Waals surface area contributed by atoms with Gasteiger partial charge in [0, 0.05) is 18.0 Å². The van der Waals surface area contributed by atoms with Crippen molar-refractivity contribution in [3.8, 4) is 0 Å². The SMILES string of the molecule is C=CC(=O)OC(C)OC(=O)C(C)(CC)C(C)=O.C=Cc1c(F)c(F)c(C(=O)OCC(C)(C(C)=O)C(=O)OC(C)(C)C)c(F)c1F.C=Cc1cc(Cl)c(C(=O)OCC(C)(C(C)=O)C(=O)OC(C)(C)C)cc1Cl. The number of ketones is 3. The van der Waals surface area contributed by atoms with Crippen LogP contribution < -0.4 is 0 Å². The molecule has 21 heteroatoms. The topological polar surface area (TPSA) is 209 Å². The van der Waals surface area contributed by atoms with Crippen LogP contribution in [-0.2, 0) is 62.0 Å². The molecule has 0 saturated carbocycles. The molecule has 0 spiro atoms. The first-order valence-corrected chi connectivity index (χ1v) is 22.0. The molecule has 2 aromatic rings. The molecular formula is C50H60Cl2F4O15. The summed E-state index contributed by atoms with van der Waals surface area (Å²) in [7, 11) is 0. The zero-order valence-electron chi connectivity index (χ0n) is 42.1. The smallest absolute Gasteiger partial charge is 0.344 e. The van der Waals surface area contributed by atoms with Crippen molar-refractivity contribution in [2.75, 3.05) is 13.2 Å². The Bertz CT molecular complexity index is 2410. The quantitative estimate of drug-likeness (QED) is 0.0259. The maximum Gasteiger partial charge on any atom is 0.344 e. The summed E-state index contributed by atoms with van der Waals surface area (Å²) >= 11 is 12.1. The first-order valence-electron chi connectivity index (χ1n) is 21.2. The number of carbonyl (C=O) groups is 9. The van der Waals surface area contributed by atoms with Crippen molar-refractivity contribution in [2.24, 2.45) is 16.2 Å². The molecule has 71 heavy (non-hydrogen) atoms. The molecule has 2 aromatic carbocycles. The Hall–Kier alpha value is -6.21. The van der Waals surface area contributed by atoms with Crippen LogP contribution in [0.2, 0.25) is 10.0 Å². The van der Waals surface area contributed by atoms with Gasteiger partial charge in [-0.3, -0.25) is 28.8 Å². The van der Waals surface area contributed by atoms with Gasteiger partial charge in [0.15, 0.2) is 34.1 Å². The molecule has 4 atom stereocenters. The Labute approximate surface area is 420 Å². The fourth-order valence-corrected chi connectivity index (χ4v) is 5.39. The molecule has 392 valence electrons. The Kier molecular flexibility index (Phi) is 24.0. The summed E-state index contributed by atoms with van der Waals surface area (Å²) in [6.45, 7) is 28.7. The molecule has 0 aromatic heterocycles. The van der Waals surface area contributed by atoms with Crippen LogP contribution in [0.1, 0.15) is 135 Å². The fraction of sp³-hybridized carbons (Fsp3) is 0.460. The molecule has 15 nitrogen and oxygen atoms in total. The lowest BCUT2D eigenvalue weighted by Gasteiger charge is -2.29. The summed E-state index contributed by atoms with van der Waals surface area (Å²) in [5.74, 6) is -14.9. The van der Waals surface area contributed by atoms with E-state index in [0.29, 0.717) is 18.1 Å². The number of halogens is 6. The Balaban J connectivity index is 0.00000107. The lowest BCUT2D eigenvalue weighted by Crippen LogP contribution is -2.44. The van der Waals surface area contributed by atoms with Crippen LogP contribution in [0.3, 0.4) is 0 Å². The second-order valence-corrected chi connectivity index (χ2v) is 18.9. The minimum Gasteiger partial charge on any atom is -0.460 e. The van der Waals surface area contributed by atoms with Gasteiger partial charge in [-0.15, -0.1) is 0 Å². The van der Waals surface area contributed by atoms with Gasteiger partial charge in [0.1, 0.15) is 52.7 Å². The predicted molar refractivity (Wildman–Crippen MR) is 254 cm³/mol. The van der Waals surface area contributed by atoms with Crippen molar-refractivity contribution in [2.45, 2.75) is 121 Å². The molecule has 0 amide bonds. The van der Waals surface area contributed by atoms with E-state index >= 15 is 0 Å². The number of esters is 6. The summed E-state index contributed by atoms with van der Waals surface area (Å²) in [5.41, 5.74) is -8.70. The number of hydrogen-bond donors (Lipinski definition) is 0.